The second-order valence-corrected chi connectivity index (χ2v) is 7.47. The van der Waals surface area contributed by atoms with Gasteiger partial charge >= 0.3 is 0 Å². The lowest BCUT2D eigenvalue weighted by Crippen LogP contribution is -2.47. The number of aryl methyl sites for hydroxylation is 1. The standard InChI is InChI=1S/C22H29N5O2/c1-3-12-27(16-21(28)25-19-9-5-4-7-17(19)2)22(29)18-8-6-13-26(15-18)20-14-23-10-11-24-20/h4-5,7,9-11,14,18H,3,6,8,12-13,15-16H2,1-2H3,(H,25,28). The zero-order valence-electron chi connectivity index (χ0n) is 17.2. The van der Waals surface area contributed by atoms with Crippen LogP contribution in [-0.2, 0) is 9.59 Å². The first-order valence-corrected chi connectivity index (χ1v) is 10.2. The Morgan fingerprint density at radius 2 is 2.10 bits per heavy atom. The molecule has 1 aromatic carbocycles. The molecule has 0 radical (unpaired) electrons. The maximum absolute atomic E-state index is 13.2. The number of carbonyl (C=O) groups excluding carboxylic acids is 2. The van der Waals surface area contributed by atoms with Crippen molar-refractivity contribution in [2.24, 2.45) is 5.92 Å². The number of nitrogens with zero attached hydrogens (tertiary/aromatic N) is 4. The molecule has 154 valence electrons. The van der Waals surface area contributed by atoms with E-state index in [0.717, 1.165) is 42.9 Å². The highest BCUT2D eigenvalue weighted by atomic mass is 16.2. The fourth-order valence-electron chi connectivity index (χ4n) is 3.71. The number of nitrogens with one attached hydrogen (secondary N) is 1. The van der Waals surface area contributed by atoms with Crippen molar-refractivity contribution in [2.45, 2.75) is 33.1 Å². The predicted molar refractivity (Wildman–Crippen MR) is 114 cm³/mol. The van der Waals surface area contributed by atoms with Crippen LogP contribution < -0.4 is 10.2 Å². The maximum Gasteiger partial charge on any atom is 0.244 e. The topological polar surface area (TPSA) is 78.4 Å². The molecule has 0 saturated carbocycles. The van der Waals surface area contributed by atoms with Crippen molar-refractivity contribution in [3.05, 3.63) is 48.4 Å². The van der Waals surface area contributed by atoms with E-state index in [0.29, 0.717) is 13.1 Å². The highest BCUT2D eigenvalue weighted by Gasteiger charge is 2.30. The molecule has 3 rings (SSSR count). The van der Waals surface area contributed by atoms with E-state index >= 15 is 0 Å². The van der Waals surface area contributed by atoms with Gasteiger partial charge in [-0.3, -0.25) is 14.6 Å². The molecule has 7 nitrogen and oxygen atoms in total. The molecule has 1 unspecified atom stereocenters. The lowest BCUT2D eigenvalue weighted by Gasteiger charge is -2.35. The molecule has 1 saturated heterocycles. The number of amides is 2. The Bertz CT molecular complexity index is 827. The van der Waals surface area contributed by atoms with Gasteiger partial charge < -0.3 is 15.1 Å². The summed E-state index contributed by atoms with van der Waals surface area (Å²) in [5, 5.41) is 2.93. The first-order valence-electron chi connectivity index (χ1n) is 10.2. The van der Waals surface area contributed by atoms with Crippen molar-refractivity contribution < 1.29 is 9.59 Å². The Morgan fingerprint density at radius 1 is 1.28 bits per heavy atom. The maximum atomic E-state index is 13.2. The number of piperidine rings is 1. The zero-order chi connectivity index (χ0) is 20.6. The minimum atomic E-state index is -0.164. The summed E-state index contributed by atoms with van der Waals surface area (Å²) < 4.78 is 0. The molecule has 7 heteroatoms. The van der Waals surface area contributed by atoms with Crippen molar-refractivity contribution in [3.8, 4) is 0 Å². The molecular formula is C22H29N5O2. The smallest absolute Gasteiger partial charge is 0.244 e. The summed E-state index contributed by atoms with van der Waals surface area (Å²) in [5.74, 6) is 0.538. The van der Waals surface area contributed by atoms with Crippen LogP contribution in [0, 0.1) is 12.8 Å². The van der Waals surface area contributed by atoms with Gasteiger partial charge in [0.25, 0.3) is 0 Å². The molecule has 1 fully saturated rings. The van der Waals surface area contributed by atoms with Gasteiger partial charge in [0, 0.05) is 37.7 Å². The van der Waals surface area contributed by atoms with E-state index in [1.165, 1.54) is 0 Å². The predicted octanol–water partition coefficient (Wildman–Crippen LogP) is 2.88. The monoisotopic (exact) mass is 395 g/mol. The summed E-state index contributed by atoms with van der Waals surface area (Å²) in [6, 6.07) is 7.65. The fourth-order valence-corrected chi connectivity index (χ4v) is 3.71. The third-order valence-electron chi connectivity index (χ3n) is 5.20. The molecule has 1 aliphatic heterocycles. The molecule has 29 heavy (non-hydrogen) atoms. The molecule has 2 aromatic rings. The van der Waals surface area contributed by atoms with Gasteiger partial charge in [-0.2, -0.15) is 0 Å². The van der Waals surface area contributed by atoms with Gasteiger partial charge in [0.1, 0.15) is 5.82 Å². The van der Waals surface area contributed by atoms with Crippen LogP contribution in [-0.4, -0.2) is 52.9 Å². The molecular weight excluding hydrogens is 366 g/mol. The minimum absolute atomic E-state index is 0.0420. The van der Waals surface area contributed by atoms with Gasteiger partial charge in [-0.25, -0.2) is 4.98 Å². The SMILES string of the molecule is CCCN(CC(=O)Nc1ccccc1C)C(=O)C1CCCN(c2cnccn2)C1. The summed E-state index contributed by atoms with van der Waals surface area (Å²) >= 11 is 0. The number of aromatic nitrogens is 2. The molecule has 1 atom stereocenters. The van der Waals surface area contributed by atoms with Crippen LogP contribution in [0.2, 0.25) is 0 Å². The summed E-state index contributed by atoms with van der Waals surface area (Å²) in [6.45, 7) is 6.09. The number of benzene rings is 1. The third kappa shape index (κ3) is 5.53. The lowest BCUT2D eigenvalue weighted by molar-refractivity contribution is -0.138. The number of anilines is 2. The Hall–Kier alpha value is -2.96. The average molecular weight is 396 g/mol. The van der Waals surface area contributed by atoms with Crippen LogP contribution in [0.25, 0.3) is 0 Å². The number of carbonyl (C=O) groups is 2. The highest BCUT2D eigenvalue weighted by Crippen LogP contribution is 2.23. The van der Waals surface area contributed by atoms with Crippen molar-refractivity contribution in [3.63, 3.8) is 0 Å². The van der Waals surface area contributed by atoms with E-state index in [9.17, 15) is 9.59 Å². The highest BCUT2D eigenvalue weighted by molar-refractivity contribution is 5.95. The van der Waals surface area contributed by atoms with Crippen molar-refractivity contribution >= 4 is 23.3 Å². The fraction of sp³-hybridized carbons (Fsp3) is 0.455. The summed E-state index contributed by atoms with van der Waals surface area (Å²) in [7, 11) is 0. The molecule has 0 bridgehead atoms. The van der Waals surface area contributed by atoms with E-state index in [4.69, 9.17) is 0 Å². The van der Waals surface area contributed by atoms with Gasteiger partial charge in [-0.1, -0.05) is 25.1 Å². The van der Waals surface area contributed by atoms with Gasteiger partial charge in [-0.15, -0.1) is 0 Å². The van der Waals surface area contributed by atoms with Gasteiger partial charge in [-0.05, 0) is 37.8 Å². The van der Waals surface area contributed by atoms with E-state index in [2.05, 4.69) is 20.2 Å². The van der Waals surface area contributed by atoms with Crippen LogP contribution in [0.4, 0.5) is 11.5 Å². The van der Waals surface area contributed by atoms with Crippen LogP contribution >= 0.6 is 0 Å². The molecule has 1 N–H and O–H groups in total. The number of hydrogen-bond donors (Lipinski definition) is 1. The van der Waals surface area contributed by atoms with E-state index in [1.807, 2.05) is 38.1 Å². The number of rotatable bonds is 7. The second kappa shape index (κ2) is 10.0. The Labute approximate surface area is 172 Å². The molecule has 2 heterocycles. The molecule has 0 spiro atoms. The van der Waals surface area contributed by atoms with Crippen LogP contribution in [0.15, 0.2) is 42.9 Å². The first kappa shape index (κ1) is 20.8. The van der Waals surface area contributed by atoms with Crippen LogP contribution in [0.3, 0.4) is 0 Å². The second-order valence-electron chi connectivity index (χ2n) is 7.47. The Morgan fingerprint density at radius 3 is 2.83 bits per heavy atom. The summed E-state index contributed by atoms with van der Waals surface area (Å²) in [4.78, 5) is 38.1. The van der Waals surface area contributed by atoms with E-state index in [-0.39, 0.29) is 24.3 Å². The van der Waals surface area contributed by atoms with Crippen molar-refractivity contribution in [1.29, 1.82) is 0 Å². The third-order valence-corrected chi connectivity index (χ3v) is 5.20. The average Bonchev–Trinajstić information content (AvgIpc) is 2.75. The molecule has 1 aromatic heterocycles. The largest absolute Gasteiger partial charge is 0.355 e. The van der Waals surface area contributed by atoms with E-state index < -0.39 is 0 Å². The van der Waals surface area contributed by atoms with Gasteiger partial charge in [0.05, 0.1) is 18.7 Å². The van der Waals surface area contributed by atoms with Crippen molar-refractivity contribution in [2.75, 3.05) is 36.4 Å². The normalized spacial score (nSPS) is 16.3. The molecule has 0 aliphatic carbocycles. The van der Waals surface area contributed by atoms with Gasteiger partial charge in [0.2, 0.25) is 11.8 Å². The molecule has 2 amide bonds. The quantitative estimate of drug-likeness (QED) is 0.780. The molecule has 1 aliphatic rings. The number of para-hydroxylation sites is 1. The minimum Gasteiger partial charge on any atom is -0.355 e. The van der Waals surface area contributed by atoms with Crippen molar-refractivity contribution in [1.82, 2.24) is 14.9 Å². The Kier molecular flexibility index (Phi) is 7.16. The van der Waals surface area contributed by atoms with E-state index in [1.54, 1.807) is 23.5 Å². The van der Waals surface area contributed by atoms with Gasteiger partial charge in [0.15, 0.2) is 0 Å². The lowest BCUT2D eigenvalue weighted by atomic mass is 9.96. The van der Waals surface area contributed by atoms with Crippen LogP contribution in [0.5, 0.6) is 0 Å². The Balaban J connectivity index is 1.64. The number of hydrogen-bond acceptors (Lipinski definition) is 5. The first-order chi connectivity index (χ1) is 14.1. The summed E-state index contributed by atoms with van der Waals surface area (Å²) in [6.07, 6.45) is 7.60. The zero-order valence-corrected chi connectivity index (χ0v) is 17.2. The summed E-state index contributed by atoms with van der Waals surface area (Å²) in [5.41, 5.74) is 1.79. The van der Waals surface area contributed by atoms with Crippen LogP contribution in [0.1, 0.15) is 31.7 Å².